The second-order valence-corrected chi connectivity index (χ2v) is 8.76. The number of carbonyl (C=O) groups excluding carboxylic acids is 1. The smallest absolute Gasteiger partial charge is 0.307 e. The fourth-order valence-electron chi connectivity index (χ4n) is 3.85. The first kappa shape index (κ1) is 26.6. The standard InChI is InChI=1S/C29H28ClN3O5/c1-5-14-36-28-21(15-22(30)16-27(28)35-4)17-31-32-29(34)26-13-12-25(38-26)18-37-24-10-8-23(9-11-24)33-19(2)6-7-20(33)3/h5-13,15-17H,1,14,18H2,2-4H3,(H,32,34). The third-order valence-electron chi connectivity index (χ3n) is 5.62. The number of aryl methyl sites for hydroxylation is 2. The van der Waals surface area contributed by atoms with Gasteiger partial charge in [-0.25, -0.2) is 5.43 Å². The molecule has 0 aliphatic carbocycles. The monoisotopic (exact) mass is 533 g/mol. The van der Waals surface area contributed by atoms with Crippen LogP contribution in [0.1, 0.15) is 33.3 Å². The number of methoxy groups -OCH3 is 1. The quantitative estimate of drug-likeness (QED) is 0.140. The maximum Gasteiger partial charge on any atom is 0.307 e. The number of ether oxygens (including phenoxy) is 3. The van der Waals surface area contributed by atoms with Crippen LogP contribution in [0.25, 0.3) is 5.69 Å². The van der Waals surface area contributed by atoms with Gasteiger partial charge in [0.2, 0.25) is 0 Å². The van der Waals surface area contributed by atoms with Gasteiger partial charge in [-0.2, -0.15) is 5.10 Å². The molecular weight excluding hydrogens is 506 g/mol. The largest absolute Gasteiger partial charge is 0.493 e. The summed E-state index contributed by atoms with van der Waals surface area (Å²) >= 11 is 6.16. The fourth-order valence-corrected chi connectivity index (χ4v) is 4.06. The van der Waals surface area contributed by atoms with Crippen LogP contribution >= 0.6 is 11.6 Å². The summed E-state index contributed by atoms with van der Waals surface area (Å²) in [6.45, 7) is 8.21. The Kier molecular flexibility index (Phi) is 8.55. The van der Waals surface area contributed by atoms with Crippen LogP contribution in [0.2, 0.25) is 5.02 Å². The van der Waals surface area contributed by atoms with Crippen LogP contribution < -0.4 is 19.6 Å². The van der Waals surface area contributed by atoms with E-state index in [1.165, 1.54) is 13.3 Å². The number of benzene rings is 2. The number of hydrogen-bond acceptors (Lipinski definition) is 6. The third kappa shape index (κ3) is 6.27. The van der Waals surface area contributed by atoms with Crippen molar-refractivity contribution >= 4 is 23.7 Å². The van der Waals surface area contributed by atoms with Gasteiger partial charge in [0.1, 0.15) is 24.7 Å². The minimum atomic E-state index is -0.517. The zero-order valence-electron chi connectivity index (χ0n) is 21.4. The van der Waals surface area contributed by atoms with Gasteiger partial charge in [-0.15, -0.1) is 0 Å². The number of nitrogens with one attached hydrogen (secondary N) is 1. The molecule has 2 aromatic carbocycles. The summed E-state index contributed by atoms with van der Waals surface area (Å²) < 4.78 is 24.6. The molecule has 2 aromatic heterocycles. The van der Waals surface area contributed by atoms with Crippen molar-refractivity contribution in [2.75, 3.05) is 13.7 Å². The summed E-state index contributed by atoms with van der Waals surface area (Å²) in [4.78, 5) is 12.5. The van der Waals surface area contributed by atoms with Crippen molar-refractivity contribution in [1.82, 2.24) is 9.99 Å². The maximum absolute atomic E-state index is 12.5. The lowest BCUT2D eigenvalue weighted by Gasteiger charge is -2.12. The zero-order chi connectivity index (χ0) is 27.1. The van der Waals surface area contributed by atoms with Gasteiger partial charge < -0.3 is 23.2 Å². The lowest BCUT2D eigenvalue weighted by molar-refractivity contribution is 0.0923. The molecule has 0 aliphatic rings. The number of halogens is 1. The first-order chi connectivity index (χ1) is 18.4. The molecular formula is C29H28ClN3O5. The van der Waals surface area contributed by atoms with Crippen molar-refractivity contribution in [3.63, 3.8) is 0 Å². The molecule has 0 atom stereocenters. The Morgan fingerprint density at radius 3 is 2.50 bits per heavy atom. The van der Waals surface area contributed by atoms with Gasteiger partial charge in [-0.1, -0.05) is 24.3 Å². The number of nitrogens with zero attached hydrogens (tertiary/aromatic N) is 2. The van der Waals surface area contributed by atoms with E-state index in [1.54, 1.807) is 30.3 Å². The minimum absolute atomic E-state index is 0.0986. The molecule has 196 valence electrons. The Bertz CT molecular complexity index is 1430. The molecule has 0 unspecified atom stereocenters. The summed E-state index contributed by atoms with van der Waals surface area (Å²) in [7, 11) is 1.51. The van der Waals surface area contributed by atoms with Gasteiger partial charge in [0.25, 0.3) is 0 Å². The summed E-state index contributed by atoms with van der Waals surface area (Å²) in [5.74, 6) is 1.64. The third-order valence-corrected chi connectivity index (χ3v) is 5.83. The van der Waals surface area contributed by atoms with Crippen LogP contribution in [0.15, 0.2) is 82.8 Å². The SMILES string of the molecule is C=CCOc1c(C=NNC(=O)c2ccc(COc3ccc(-n4c(C)ccc4C)cc3)o2)cc(Cl)cc1OC. The van der Waals surface area contributed by atoms with E-state index in [0.717, 1.165) is 17.1 Å². The highest BCUT2D eigenvalue weighted by atomic mass is 35.5. The molecule has 4 rings (SSSR count). The lowest BCUT2D eigenvalue weighted by atomic mass is 10.2. The Morgan fingerprint density at radius 1 is 1.08 bits per heavy atom. The van der Waals surface area contributed by atoms with Gasteiger partial charge in [-0.05, 0) is 68.4 Å². The zero-order valence-corrected chi connectivity index (χ0v) is 22.1. The number of rotatable bonds is 11. The molecule has 0 aliphatic heterocycles. The molecule has 4 aromatic rings. The molecule has 1 amide bonds. The van der Waals surface area contributed by atoms with Crippen molar-refractivity contribution < 1.29 is 23.4 Å². The molecule has 8 nitrogen and oxygen atoms in total. The lowest BCUT2D eigenvalue weighted by Crippen LogP contribution is -2.17. The topological polar surface area (TPSA) is 87.2 Å². The molecule has 0 saturated carbocycles. The van der Waals surface area contributed by atoms with Gasteiger partial charge in [0.15, 0.2) is 17.3 Å². The molecule has 2 heterocycles. The number of hydrogen-bond donors (Lipinski definition) is 1. The summed E-state index contributed by atoms with van der Waals surface area (Å²) in [6.07, 6.45) is 3.02. The highest BCUT2D eigenvalue weighted by Crippen LogP contribution is 2.34. The van der Waals surface area contributed by atoms with Crippen molar-refractivity contribution in [1.29, 1.82) is 0 Å². The van der Waals surface area contributed by atoms with E-state index >= 15 is 0 Å². The highest BCUT2D eigenvalue weighted by molar-refractivity contribution is 6.31. The van der Waals surface area contributed by atoms with Crippen molar-refractivity contribution in [2.45, 2.75) is 20.5 Å². The van der Waals surface area contributed by atoms with E-state index in [4.69, 9.17) is 30.2 Å². The maximum atomic E-state index is 12.5. The molecule has 1 N–H and O–H groups in total. The van der Waals surface area contributed by atoms with E-state index < -0.39 is 5.91 Å². The summed E-state index contributed by atoms with van der Waals surface area (Å²) in [6, 6.07) is 18.5. The van der Waals surface area contributed by atoms with E-state index in [1.807, 2.05) is 24.3 Å². The Labute approximate surface area is 226 Å². The fraction of sp³-hybridized carbons (Fsp3) is 0.172. The number of carbonyl (C=O) groups is 1. The van der Waals surface area contributed by atoms with Crippen LogP contribution in [-0.2, 0) is 6.61 Å². The first-order valence-electron chi connectivity index (χ1n) is 11.8. The minimum Gasteiger partial charge on any atom is -0.493 e. The Morgan fingerprint density at radius 2 is 1.82 bits per heavy atom. The van der Waals surface area contributed by atoms with Crippen LogP contribution in [0.4, 0.5) is 0 Å². The summed E-state index contributed by atoms with van der Waals surface area (Å²) in [5, 5.41) is 4.44. The van der Waals surface area contributed by atoms with Crippen LogP contribution in [0.3, 0.4) is 0 Å². The summed E-state index contributed by atoms with van der Waals surface area (Å²) in [5.41, 5.74) is 6.35. The van der Waals surface area contributed by atoms with Crippen molar-refractivity contribution in [3.8, 4) is 22.9 Å². The van der Waals surface area contributed by atoms with Gasteiger partial charge in [0, 0.05) is 33.7 Å². The number of hydrazone groups is 1. The van der Waals surface area contributed by atoms with E-state index in [2.05, 4.69) is 47.7 Å². The van der Waals surface area contributed by atoms with Crippen molar-refractivity contribution in [3.05, 3.63) is 107 Å². The molecule has 9 heteroatoms. The second-order valence-electron chi connectivity index (χ2n) is 8.33. The van der Waals surface area contributed by atoms with Gasteiger partial charge in [0.05, 0.1) is 13.3 Å². The van der Waals surface area contributed by atoms with Crippen LogP contribution in [-0.4, -0.2) is 30.4 Å². The molecule has 0 bridgehead atoms. The second kappa shape index (κ2) is 12.2. The normalized spacial score (nSPS) is 10.9. The molecule has 38 heavy (non-hydrogen) atoms. The molecule has 0 fully saturated rings. The molecule has 0 saturated heterocycles. The van der Waals surface area contributed by atoms with Gasteiger partial charge in [-0.3, -0.25) is 4.79 Å². The van der Waals surface area contributed by atoms with E-state index in [0.29, 0.717) is 33.6 Å². The highest BCUT2D eigenvalue weighted by Gasteiger charge is 2.14. The van der Waals surface area contributed by atoms with Crippen molar-refractivity contribution in [2.24, 2.45) is 5.10 Å². The predicted octanol–water partition coefficient (Wildman–Crippen LogP) is 6.26. The van der Waals surface area contributed by atoms with E-state index in [-0.39, 0.29) is 19.0 Å². The predicted molar refractivity (Wildman–Crippen MR) is 147 cm³/mol. The Hall–Kier alpha value is -4.43. The average molecular weight is 534 g/mol. The number of furan rings is 1. The van der Waals surface area contributed by atoms with Crippen LogP contribution in [0.5, 0.6) is 17.2 Å². The van der Waals surface area contributed by atoms with Gasteiger partial charge >= 0.3 is 5.91 Å². The average Bonchev–Trinajstić information content (AvgIpc) is 3.53. The first-order valence-corrected chi connectivity index (χ1v) is 12.2. The Balaban J connectivity index is 1.35. The van der Waals surface area contributed by atoms with Crippen LogP contribution in [0, 0.1) is 13.8 Å². The number of amides is 1. The molecule has 0 spiro atoms. The number of aromatic nitrogens is 1. The van der Waals surface area contributed by atoms with E-state index in [9.17, 15) is 4.79 Å². The molecule has 0 radical (unpaired) electrons.